The second kappa shape index (κ2) is 9.95. The summed E-state index contributed by atoms with van der Waals surface area (Å²) in [6.07, 6.45) is 4.35. The molecule has 2 aliphatic heterocycles. The van der Waals surface area contributed by atoms with Crippen LogP contribution in [0.25, 0.3) is 0 Å². The van der Waals surface area contributed by atoms with Crippen LogP contribution in [0.15, 0.2) is 18.2 Å². The van der Waals surface area contributed by atoms with Crippen molar-refractivity contribution in [1.82, 2.24) is 10.2 Å². The molecule has 1 aromatic carbocycles. The summed E-state index contributed by atoms with van der Waals surface area (Å²) in [4.78, 5) is 14.9. The number of rotatable bonds is 8. The molecule has 1 aromatic rings. The second-order valence-corrected chi connectivity index (χ2v) is 7.52. The van der Waals surface area contributed by atoms with E-state index >= 15 is 0 Å². The molecule has 0 radical (unpaired) electrons. The molecule has 3 rings (SSSR count). The van der Waals surface area contributed by atoms with E-state index in [1.807, 2.05) is 18.2 Å². The quantitative estimate of drug-likeness (QED) is 0.754. The number of nitrogens with one attached hydrogen (secondary N) is 1. The van der Waals surface area contributed by atoms with Crippen LogP contribution in [0.2, 0.25) is 0 Å². The Kier molecular flexibility index (Phi) is 7.35. The maximum Gasteiger partial charge on any atom is 0.220 e. The van der Waals surface area contributed by atoms with E-state index in [0.29, 0.717) is 30.6 Å². The van der Waals surface area contributed by atoms with Crippen LogP contribution < -0.4 is 14.8 Å². The number of carbonyl (C=O) groups excluding carboxylic acids is 1. The summed E-state index contributed by atoms with van der Waals surface area (Å²) >= 11 is 0. The first-order chi connectivity index (χ1) is 13.2. The highest BCUT2D eigenvalue weighted by molar-refractivity contribution is 5.76. The number of carbonyl (C=O) groups is 1. The minimum Gasteiger partial charge on any atom is -0.493 e. The SMILES string of the molecule is COc1cccc(CCC(=O)NC2CCN(CC3CCOC3)CC2)c1OC. The van der Waals surface area contributed by atoms with Gasteiger partial charge in [-0.2, -0.15) is 0 Å². The molecule has 0 aliphatic carbocycles. The monoisotopic (exact) mass is 376 g/mol. The van der Waals surface area contributed by atoms with Crippen molar-refractivity contribution in [3.63, 3.8) is 0 Å². The van der Waals surface area contributed by atoms with E-state index in [9.17, 15) is 4.79 Å². The van der Waals surface area contributed by atoms with Gasteiger partial charge in [0, 0.05) is 38.7 Å². The van der Waals surface area contributed by atoms with Crippen LogP contribution in [-0.4, -0.2) is 63.9 Å². The highest BCUT2D eigenvalue weighted by atomic mass is 16.5. The Bertz CT molecular complexity index is 608. The lowest BCUT2D eigenvalue weighted by atomic mass is 10.0. The Hall–Kier alpha value is -1.79. The molecule has 1 unspecified atom stereocenters. The molecule has 0 saturated carbocycles. The van der Waals surface area contributed by atoms with Crippen LogP contribution in [0, 0.1) is 5.92 Å². The van der Waals surface area contributed by atoms with Crippen LogP contribution in [-0.2, 0) is 16.0 Å². The first kappa shape index (κ1) is 20.0. The third-order valence-electron chi connectivity index (χ3n) is 5.60. The average Bonchev–Trinajstić information content (AvgIpc) is 3.20. The number of aryl methyl sites for hydroxylation is 1. The molecule has 150 valence electrons. The van der Waals surface area contributed by atoms with Gasteiger partial charge in [-0.3, -0.25) is 4.79 Å². The number of para-hydroxylation sites is 1. The van der Waals surface area contributed by atoms with E-state index in [0.717, 1.165) is 57.0 Å². The van der Waals surface area contributed by atoms with E-state index in [1.54, 1.807) is 14.2 Å². The van der Waals surface area contributed by atoms with Crippen molar-refractivity contribution < 1.29 is 19.0 Å². The van der Waals surface area contributed by atoms with E-state index in [-0.39, 0.29) is 5.91 Å². The van der Waals surface area contributed by atoms with Gasteiger partial charge in [0.15, 0.2) is 11.5 Å². The molecule has 1 amide bonds. The van der Waals surface area contributed by atoms with Gasteiger partial charge in [-0.05, 0) is 43.2 Å². The molecule has 1 N–H and O–H groups in total. The molecule has 6 heteroatoms. The molecular formula is C21H32N2O4. The molecule has 2 heterocycles. The van der Waals surface area contributed by atoms with Gasteiger partial charge < -0.3 is 24.4 Å². The lowest BCUT2D eigenvalue weighted by Gasteiger charge is -2.33. The minimum atomic E-state index is 0.113. The highest BCUT2D eigenvalue weighted by Crippen LogP contribution is 2.31. The summed E-state index contributed by atoms with van der Waals surface area (Å²) in [5.41, 5.74) is 1.00. The van der Waals surface area contributed by atoms with E-state index < -0.39 is 0 Å². The fourth-order valence-corrected chi connectivity index (χ4v) is 4.05. The van der Waals surface area contributed by atoms with Crippen molar-refractivity contribution in [2.75, 3.05) is 47.1 Å². The number of ether oxygens (including phenoxy) is 3. The zero-order valence-electron chi connectivity index (χ0n) is 16.5. The Labute approximate surface area is 162 Å². The zero-order valence-corrected chi connectivity index (χ0v) is 16.5. The van der Waals surface area contributed by atoms with Gasteiger partial charge in [0.25, 0.3) is 0 Å². The Balaban J connectivity index is 1.40. The molecule has 2 fully saturated rings. The van der Waals surface area contributed by atoms with Crippen LogP contribution in [0.1, 0.15) is 31.2 Å². The average molecular weight is 376 g/mol. The normalized spacial score (nSPS) is 21.2. The van der Waals surface area contributed by atoms with E-state index in [2.05, 4.69) is 10.2 Å². The maximum absolute atomic E-state index is 12.4. The molecule has 0 bridgehead atoms. The predicted octanol–water partition coefficient (Wildman–Crippen LogP) is 2.25. The lowest BCUT2D eigenvalue weighted by Crippen LogP contribution is -2.45. The number of methoxy groups -OCH3 is 2. The lowest BCUT2D eigenvalue weighted by molar-refractivity contribution is -0.122. The summed E-state index contributed by atoms with van der Waals surface area (Å²) in [5.74, 6) is 2.23. The molecule has 2 saturated heterocycles. The minimum absolute atomic E-state index is 0.113. The number of hydrogen-bond donors (Lipinski definition) is 1. The van der Waals surface area contributed by atoms with E-state index in [4.69, 9.17) is 14.2 Å². The number of benzene rings is 1. The van der Waals surface area contributed by atoms with Crippen molar-refractivity contribution in [2.24, 2.45) is 5.92 Å². The van der Waals surface area contributed by atoms with E-state index in [1.165, 1.54) is 6.42 Å². The number of nitrogens with zero attached hydrogens (tertiary/aromatic N) is 1. The van der Waals surface area contributed by atoms with Gasteiger partial charge in [-0.1, -0.05) is 12.1 Å². The van der Waals surface area contributed by atoms with Gasteiger partial charge in [0.1, 0.15) is 0 Å². The largest absolute Gasteiger partial charge is 0.493 e. The third kappa shape index (κ3) is 5.59. The molecule has 0 aromatic heterocycles. The first-order valence-electron chi connectivity index (χ1n) is 9.99. The summed E-state index contributed by atoms with van der Waals surface area (Å²) in [6.45, 7) is 5.08. The van der Waals surface area contributed by atoms with Crippen molar-refractivity contribution in [2.45, 2.75) is 38.1 Å². The van der Waals surface area contributed by atoms with Crippen molar-refractivity contribution in [3.05, 3.63) is 23.8 Å². The predicted molar refractivity (Wildman–Crippen MR) is 104 cm³/mol. The summed E-state index contributed by atoms with van der Waals surface area (Å²) in [5, 5.41) is 3.21. The first-order valence-corrected chi connectivity index (χ1v) is 9.99. The van der Waals surface area contributed by atoms with Gasteiger partial charge in [0.05, 0.1) is 20.8 Å². The molecule has 6 nitrogen and oxygen atoms in total. The fourth-order valence-electron chi connectivity index (χ4n) is 4.05. The maximum atomic E-state index is 12.4. The molecule has 0 spiro atoms. The van der Waals surface area contributed by atoms with Gasteiger partial charge >= 0.3 is 0 Å². The Morgan fingerprint density at radius 3 is 2.70 bits per heavy atom. The molecule has 2 aliphatic rings. The fraction of sp³-hybridized carbons (Fsp3) is 0.667. The zero-order chi connectivity index (χ0) is 19.1. The summed E-state index contributed by atoms with van der Waals surface area (Å²) < 4.78 is 16.2. The molecule has 1 atom stereocenters. The Morgan fingerprint density at radius 2 is 2.04 bits per heavy atom. The van der Waals surface area contributed by atoms with Crippen LogP contribution in [0.5, 0.6) is 11.5 Å². The molecule has 27 heavy (non-hydrogen) atoms. The van der Waals surface area contributed by atoms with Gasteiger partial charge in [0.2, 0.25) is 5.91 Å². The summed E-state index contributed by atoms with van der Waals surface area (Å²) in [7, 11) is 3.26. The molecular weight excluding hydrogens is 344 g/mol. The van der Waals surface area contributed by atoms with Crippen LogP contribution >= 0.6 is 0 Å². The number of likely N-dealkylation sites (tertiary alicyclic amines) is 1. The highest BCUT2D eigenvalue weighted by Gasteiger charge is 2.24. The number of hydrogen-bond acceptors (Lipinski definition) is 5. The van der Waals surface area contributed by atoms with Crippen LogP contribution in [0.4, 0.5) is 0 Å². The third-order valence-corrected chi connectivity index (χ3v) is 5.60. The topological polar surface area (TPSA) is 60.0 Å². The van der Waals surface area contributed by atoms with Gasteiger partial charge in [-0.15, -0.1) is 0 Å². The van der Waals surface area contributed by atoms with Crippen molar-refractivity contribution >= 4 is 5.91 Å². The number of amides is 1. The standard InChI is InChI=1S/C21H32N2O4/c1-25-19-5-3-4-17(21(19)26-2)6-7-20(24)22-18-8-11-23(12-9-18)14-16-10-13-27-15-16/h3-5,16,18H,6-15H2,1-2H3,(H,22,24). The van der Waals surface area contributed by atoms with Crippen LogP contribution in [0.3, 0.4) is 0 Å². The smallest absolute Gasteiger partial charge is 0.220 e. The van der Waals surface area contributed by atoms with Gasteiger partial charge in [-0.25, -0.2) is 0 Å². The summed E-state index contributed by atoms with van der Waals surface area (Å²) in [6, 6.07) is 6.08. The van der Waals surface area contributed by atoms with Crippen molar-refractivity contribution in [1.29, 1.82) is 0 Å². The second-order valence-electron chi connectivity index (χ2n) is 7.52. The number of piperidine rings is 1. The van der Waals surface area contributed by atoms with Crippen molar-refractivity contribution in [3.8, 4) is 11.5 Å². The Morgan fingerprint density at radius 1 is 1.22 bits per heavy atom.